The summed E-state index contributed by atoms with van der Waals surface area (Å²) >= 11 is 0. The lowest BCUT2D eigenvalue weighted by Gasteiger charge is -2.37. The zero-order valence-electron chi connectivity index (χ0n) is 22.5. The number of anilines is 2. The lowest BCUT2D eigenvalue weighted by Crippen LogP contribution is -2.50. The summed E-state index contributed by atoms with van der Waals surface area (Å²) in [4.78, 5) is 28.6. The minimum absolute atomic E-state index is 0.0271. The van der Waals surface area contributed by atoms with Crippen LogP contribution in [0.1, 0.15) is 44.7 Å². The van der Waals surface area contributed by atoms with E-state index >= 15 is 0 Å². The van der Waals surface area contributed by atoms with Crippen LogP contribution < -0.4 is 9.80 Å². The summed E-state index contributed by atoms with van der Waals surface area (Å²) in [7, 11) is 0. The molecule has 2 fully saturated rings. The van der Waals surface area contributed by atoms with Crippen molar-refractivity contribution in [2.45, 2.75) is 51.3 Å². The van der Waals surface area contributed by atoms with Crippen LogP contribution in [-0.4, -0.2) is 67.7 Å². The third-order valence-electron chi connectivity index (χ3n) is 7.46. The summed E-state index contributed by atoms with van der Waals surface area (Å²) in [5, 5.41) is 11.0. The number of halogens is 3. The van der Waals surface area contributed by atoms with E-state index in [4.69, 9.17) is 4.74 Å². The van der Waals surface area contributed by atoms with E-state index in [9.17, 15) is 28.1 Å². The third kappa shape index (κ3) is 7.00. The van der Waals surface area contributed by atoms with Crippen LogP contribution in [0.15, 0.2) is 42.5 Å². The molecule has 0 aliphatic carbocycles. The number of hydrogen-bond acceptors (Lipinski definition) is 6. The molecule has 2 aliphatic rings. The van der Waals surface area contributed by atoms with E-state index in [-0.39, 0.29) is 29.7 Å². The highest BCUT2D eigenvalue weighted by Crippen LogP contribution is 2.38. The van der Waals surface area contributed by atoms with Crippen LogP contribution >= 0.6 is 0 Å². The second kappa shape index (κ2) is 11.4. The van der Waals surface area contributed by atoms with Gasteiger partial charge in [0, 0.05) is 56.7 Å². The van der Waals surface area contributed by atoms with Crippen molar-refractivity contribution in [2.75, 3.05) is 55.7 Å². The normalized spacial score (nSPS) is 17.4. The van der Waals surface area contributed by atoms with Crippen LogP contribution in [0.2, 0.25) is 0 Å². The fraction of sp³-hybridized carbons (Fsp3) is 0.536. The van der Waals surface area contributed by atoms with Gasteiger partial charge >= 0.3 is 6.18 Å². The molecule has 0 unspecified atom stereocenters. The zero-order valence-corrected chi connectivity index (χ0v) is 22.5. The molecule has 0 saturated carbocycles. The van der Waals surface area contributed by atoms with Gasteiger partial charge < -0.3 is 19.4 Å². The summed E-state index contributed by atoms with van der Waals surface area (Å²) < 4.78 is 45.8. The van der Waals surface area contributed by atoms with Gasteiger partial charge in [0.1, 0.15) is 12.2 Å². The Labute approximate surface area is 226 Å². The number of carbonyl (C=O) groups is 1. The Morgan fingerprint density at radius 1 is 0.923 bits per heavy atom. The van der Waals surface area contributed by atoms with Crippen LogP contribution in [-0.2, 0) is 21.1 Å². The summed E-state index contributed by atoms with van der Waals surface area (Å²) in [5.41, 5.74) is 0.601. The van der Waals surface area contributed by atoms with E-state index in [1.165, 1.54) is 11.6 Å². The highest BCUT2D eigenvalue weighted by Gasteiger charge is 2.39. The monoisotopic (exact) mass is 548 g/mol. The molecule has 2 saturated heterocycles. The zero-order chi connectivity index (χ0) is 28.4. The van der Waals surface area contributed by atoms with Crippen LogP contribution in [0, 0.1) is 10.1 Å². The number of benzene rings is 2. The predicted molar refractivity (Wildman–Crippen MR) is 143 cm³/mol. The molecule has 212 valence electrons. The maximum Gasteiger partial charge on any atom is 0.423 e. The smallest absolute Gasteiger partial charge is 0.371 e. The molecule has 0 atom stereocenters. The number of piperazine rings is 1. The summed E-state index contributed by atoms with van der Waals surface area (Å²) in [5.74, 6) is -0.0645. The lowest BCUT2D eigenvalue weighted by atomic mass is 9.87. The molecule has 2 aromatic carbocycles. The molecule has 11 heteroatoms. The molecule has 2 aromatic rings. The van der Waals surface area contributed by atoms with Gasteiger partial charge in [0.05, 0.1) is 11.0 Å². The first-order chi connectivity index (χ1) is 18.3. The number of hydrogen-bond donors (Lipinski definition) is 0. The maximum atomic E-state index is 13.3. The van der Waals surface area contributed by atoms with E-state index in [0.717, 1.165) is 30.9 Å². The van der Waals surface area contributed by atoms with E-state index in [1.807, 2.05) is 4.90 Å². The molecule has 0 radical (unpaired) electrons. The van der Waals surface area contributed by atoms with Gasteiger partial charge in [0.2, 0.25) is 5.91 Å². The molecule has 0 N–H and O–H groups in total. The Kier molecular flexibility index (Phi) is 8.39. The molecule has 4 rings (SSSR count). The van der Waals surface area contributed by atoms with Gasteiger partial charge in [0.25, 0.3) is 5.69 Å². The average Bonchev–Trinajstić information content (AvgIpc) is 2.91. The van der Waals surface area contributed by atoms with Crippen molar-refractivity contribution in [3.8, 4) is 0 Å². The summed E-state index contributed by atoms with van der Waals surface area (Å²) in [6.07, 6.45) is -3.90. The summed E-state index contributed by atoms with van der Waals surface area (Å²) in [6, 6.07) is 11.7. The Balaban J connectivity index is 1.23. The molecule has 2 aliphatic heterocycles. The number of carbonyl (C=O) groups excluding carboxylic acids is 1. The highest BCUT2D eigenvalue weighted by molar-refractivity contribution is 5.77. The first-order valence-electron chi connectivity index (χ1n) is 13.2. The van der Waals surface area contributed by atoms with Gasteiger partial charge in [-0.2, -0.15) is 13.2 Å². The van der Waals surface area contributed by atoms with Gasteiger partial charge in [-0.05, 0) is 48.1 Å². The molecule has 8 nitrogen and oxygen atoms in total. The second-order valence-electron chi connectivity index (χ2n) is 11.1. The van der Waals surface area contributed by atoms with E-state index < -0.39 is 22.4 Å². The van der Waals surface area contributed by atoms with Crippen molar-refractivity contribution >= 4 is 23.0 Å². The molecule has 0 bridgehead atoms. The van der Waals surface area contributed by atoms with E-state index in [2.05, 4.69) is 49.9 Å². The lowest BCUT2D eigenvalue weighted by molar-refractivity contribution is -0.388. The fourth-order valence-corrected chi connectivity index (χ4v) is 5.05. The topological polar surface area (TPSA) is 79.2 Å². The van der Waals surface area contributed by atoms with Crippen LogP contribution in [0.3, 0.4) is 0 Å². The van der Waals surface area contributed by atoms with Gasteiger partial charge in [-0.3, -0.25) is 14.9 Å². The molecule has 0 aromatic heterocycles. The number of ether oxygens (including phenoxy) is 1. The number of rotatable bonds is 6. The van der Waals surface area contributed by atoms with Crippen LogP contribution in [0.5, 0.6) is 0 Å². The maximum absolute atomic E-state index is 13.3. The summed E-state index contributed by atoms with van der Waals surface area (Å²) in [6.45, 7) is 10.1. The largest absolute Gasteiger partial charge is 0.423 e. The third-order valence-corrected chi connectivity index (χ3v) is 7.46. The molecular formula is C28H35F3N4O4. The Morgan fingerprint density at radius 3 is 2.03 bits per heavy atom. The van der Waals surface area contributed by atoms with E-state index in [1.54, 1.807) is 4.90 Å². The molecule has 39 heavy (non-hydrogen) atoms. The number of nitro benzene ring substituents is 1. The molecule has 2 heterocycles. The van der Waals surface area contributed by atoms with Crippen molar-refractivity contribution in [2.24, 2.45) is 0 Å². The first kappa shape index (κ1) is 28.7. The van der Waals surface area contributed by atoms with Crippen molar-refractivity contribution in [3.05, 3.63) is 63.7 Å². The van der Waals surface area contributed by atoms with Gasteiger partial charge in [-0.15, -0.1) is 0 Å². The predicted octanol–water partition coefficient (Wildman–Crippen LogP) is 5.25. The Bertz CT molecular complexity index is 1160. The minimum Gasteiger partial charge on any atom is -0.371 e. The number of alkyl halides is 3. The molecule has 1 amide bonds. The van der Waals surface area contributed by atoms with Crippen molar-refractivity contribution in [1.82, 2.24) is 4.90 Å². The quantitative estimate of drug-likeness (QED) is 0.363. The average molecular weight is 549 g/mol. The number of piperidine rings is 1. The van der Waals surface area contributed by atoms with Crippen molar-refractivity contribution < 1.29 is 27.6 Å². The van der Waals surface area contributed by atoms with Gasteiger partial charge in [-0.1, -0.05) is 32.9 Å². The van der Waals surface area contributed by atoms with Crippen LogP contribution in [0.4, 0.5) is 30.2 Å². The SMILES string of the molecule is CC(C)(C)c1ccc(N2CCN(C(=O)COC3CCN(c4ccc([N+](=O)[O-])c(C(F)(F)F)c4)CC3)CC2)cc1. The van der Waals surface area contributed by atoms with Crippen molar-refractivity contribution in [1.29, 1.82) is 0 Å². The van der Waals surface area contributed by atoms with Gasteiger partial charge in [0.15, 0.2) is 0 Å². The fourth-order valence-electron chi connectivity index (χ4n) is 5.05. The second-order valence-corrected chi connectivity index (χ2v) is 11.1. The minimum atomic E-state index is -4.82. The van der Waals surface area contributed by atoms with Gasteiger partial charge in [-0.25, -0.2) is 0 Å². The highest BCUT2D eigenvalue weighted by atomic mass is 19.4. The Hall–Kier alpha value is -3.34. The Morgan fingerprint density at radius 2 is 1.49 bits per heavy atom. The number of amides is 1. The standard InChI is InChI=1S/C28H35F3N4O4/c1-27(2,3)20-4-6-21(7-5-20)33-14-16-34(17-15-33)26(36)19-39-23-10-12-32(13-11-23)22-8-9-25(35(37)38)24(18-22)28(29,30)31/h4-9,18,23H,10-17,19H2,1-3H3. The number of nitrogens with zero attached hydrogens (tertiary/aromatic N) is 4. The first-order valence-corrected chi connectivity index (χ1v) is 13.2. The molecule has 0 spiro atoms. The molecular weight excluding hydrogens is 513 g/mol. The number of nitro groups is 1. The van der Waals surface area contributed by atoms with E-state index in [0.29, 0.717) is 39.0 Å². The van der Waals surface area contributed by atoms with Crippen LogP contribution in [0.25, 0.3) is 0 Å². The van der Waals surface area contributed by atoms with Crippen molar-refractivity contribution in [3.63, 3.8) is 0 Å².